The summed E-state index contributed by atoms with van der Waals surface area (Å²) in [5.41, 5.74) is 0. The van der Waals surface area contributed by atoms with Crippen molar-refractivity contribution in [3.8, 4) is 0 Å². The van der Waals surface area contributed by atoms with Crippen LogP contribution in [-0.4, -0.2) is 38.3 Å². The molecule has 1 rings (SSSR count). The van der Waals surface area contributed by atoms with Crippen molar-refractivity contribution in [3.05, 3.63) is 12.7 Å². The van der Waals surface area contributed by atoms with Crippen LogP contribution < -0.4 is 10.6 Å². The first-order chi connectivity index (χ1) is 7.24. The lowest BCUT2D eigenvalue weighted by atomic mass is 10.1. The number of carbonyl (C=O) groups is 1. The molecule has 4 heteroatoms. The zero-order valence-electron chi connectivity index (χ0n) is 9.29. The summed E-state index contributed by atoms with van der Waals surface area (Å²) >= 11 is 0. The van der Waals surface area contributed by atoms with Gasteiger partial charge in [-0.15, -0.1) is 6.58 Å². The molecule has 4 nitrogen and oxygen atoms in total. The minimum absolute atomic E-state index is 0.0687. The largest absolute Gasteiger partial charge is 0.368 e. The summed E-state index contributed by atoms with van der Waals surface area (Å²) in [5.74, 6) is 0.487. The van der Waals surface area contributed by atoms with Gasteiger partial charge in [-0.25, -0.2) is 0 Å². The van der Waals surface area contributed by atoms with E-state index in [2.05, 4.69) is 17.2 Å². The first kappa shape index (κ1) is 12.2. The van der Waals surface area contributed by atoms with E-state index in [1.165, 1.54) is 0 Å². The summed E-state index contributed by atoms with van der Waals surface area (Å²) < 4.78 is 5.50. The molecule has 0 radical (unpaired) electrons. The quantitative estimate of drug-likeness (QED) is 0.623. The predicted octanol–water partition coefficient (Wildman–Crippen LogP) is 0.303. The maximum Gasteiger partial charge on any atom is 0.249 e. The van der Waals surface area contributed by atoms with Crippen molar-refractivity contribution in [2.24, 2.45) is 5.92 Å². The highest BCUT2D eigenvalue weighted by molar-refractivity contribution is 5.80. The molecule has 0 saturated carbocycles. The second-order valence-electron chi connectivity index (χ2n) is 3.87. The third-order valence-corrected chi connectivity index (χ3v) is 2.53. The Hall–Kier alpha value is -0.870. The molecule has 1 fully saturated rings. The van der Waals surface area contributed by atoms with E-state index < -0.39 is 0 Å². The molecular formula is C11H20N2O2. The smallest absolute Gasteiger partial charge is 0.249 e. The monoisotopic (exact) mass is 212 g/mol. The van der Waals surface area contributed by atoms with Gasteiger partial charge in [0, 0.05) is 13.1 Å². The second-order valence-corrected chi connectivity index (χ2v) is 3.87. The second kappa shape index (κ2) is 6.58. The van der Waals surface area contributed by atoms with Gasteiger partial charge in [-0.3, -0.25) is 4.79 Å². The van der Waals surface area contributed by atoms with Crippen molar-refractivity contribution in [1.29, 1.82) is 0 Å². The van der Waals surface area contributed by atoms with Crippen molar-refractivity contribution in [1.82, 2.24) is 10.6 Å². The Morgan fingerprint density at radius 2 is 2.60 bits per heavy atom. The summed E-state index contributed by atoms with van der Waals surface area (Å²) in [5, 5.41) is 5.98. The molecule has 0 spiro atoms. The summed E-state index contributed by atoms with van der Waals surface area (Å²) in [6.07, 6.45) is 2.43. The van der Waals surface area contributed by atoms with Crippen LogP contribution in [0.5, 0.6) is 0 Å². The number of carbonyl (C=O) groups excluding carboxylic acids is 1. The van der Waals surface area contributed by atoms with E-state index in [9.17, 15) is 4.79 Å². The Bertz CT molecular complexity index is 213. The predicted molar refractivity (Wildman–Crippen MR) is 59.6 cm³/mol. The third kappa shape index (κ3) is 4.44. The van der Waals surface area contributed by atoms with Crippen LogP contribution in [0.1, 0.15) is 13.3 Å². The highest BCUT2D eigenvalue weighted by Crippen LogP contribution is 2.08. The molecule has 15 heavy (non-hydrogen) atoms. The minimum atomic E-state index is -0.370. The average Bonchev–Trinajstić information content (AvgIpc) is 2.75. The lowest BCUT2D eigenvalue weighted by Crippen LogP contribution is -2.35. The van der Waals surface area contributed by atoms with Crippen LogP contribution in [-0.2, 0) is 9.53 Å². The SMILES string of the molecule is C=CCNC(=O)C(C)OCC1CCNC1. The molecule has 1 aliphatic rings. The van der Waals surface area contributed by atoms with Crippen molar-refractivity contribution < 1.29 is 9.53 Å². The van der Waals surface area contributed by atoms with Crippen LogP contribution in [0.2, 0.25) is 0 Å². The first-order valence-electron chi connectivity index (χ1n) is 5.45. The first-order valence-corrected chi connectivity index (χ1v) is 5.45. The molecule has 0 aliphatic carbocycles. The summed E-state index contributed by atoms with van der Waals surface area (Å²) in [6, 6.07) is 0. The van der Waals surface area contributed by atoms with Crippen LogP contribution in [0.15, 0.2) is 12.7 Å². The molecule has 1 amide bonds. The van der Waals surface area contributed by atoms with Crippen molar-refractivity contribution in [2.45, 2.75) is 19.4 Å². The molecule has 0 aromatic heterocycles. The molecule has 2 unspecified atom stereocenters. The van der Waals surface area contributed by atoms with Gasteiger partial charge in [-0.1, -0.05) is 6.08 Å². The Morgan fingerprint density at radius 1 is 1.80 bits per heavy atom. The average molecular weight is 212 g/mol. The van der Waals surface area contributed by atoms with Crippen LogP contribution in [0.25, 0.3) is 0 Å². The molecule has 0 bridgehead atoms. The molecule has 0 aromatic carbocycles. The van der Waals surface area contributed by atoms with Gasteiger partial charge in [0.25, 0.3) is 0 Å². The van der Waals surface area contributed by atoms with Gasteiger partial charge >= 0.3 is 0 Å². The highest BCUT2D eigenvalue weighted by atomic mass is 16.5. The topological polar surface area (TPSA) is 50.4 Å². The van der Waals surface area contributed by atoms with E-state index in [4.69, 9.17) is 4.74 Å². The Morgan fingerprint density at radius 3 is 3.20 bits per heavy atom. The Kier molecular flexibility index (Phi) is 5.36. The fourth-order valence-corrected chi connectivity index (χ4v) is 1.53. The van der Waals surface area contributed by atoms with E-state index in [1.54, 1.807) is 13.0 Å². The molecule has 2 N–H and O–H groups in total. The van der Waals surface area contributed by atoms with Gasteiger partial charge in [-0.2, -0.15) is 0 Å². The Balaban J connectivity index is 2.13. The lowest BCUT2D eigenvalue weighted by molar-refractivity contribution is -0.132. The van der Waals surface area contributed by atoms with E-state index in [0.717, 1.165) is 19.5 Å². The van der Waals surface area contributed by atoms with Crippen LogP contribution >= 0.6 is 0 Å². The van der Waals surface area contributed by atoms with Gasteiger partial charge in [0.15, 0.2) is 0 Å². The van der Waals surface area contributed by atoms with Gasteiger partial charge in [0.1, 0.15) is 6.10 Å². The number of amides is 1. The molecule has 86 valence electrons. The highest BCUT2D eigenvalue weighted by Gasteiger charge is 2.18. The van der Waals surface area contributed by atoms with Crippen LogP contribution in [0.3, 0.4) is 0 Å². The summed E-state index contributed by atoms with van der Waals surface area (Å²) in [6.45, 7) is 8.54. The number of ether oxygens (including phenoxy) is 1. The molecule has 0 aromatic rings. The zero-order valence-corrected chi connectivity index (χ0v) is 9.29. The number of hydrogen-bond acceptors (Lipinski definition) is 3. The third-order valence-electron chi connectivity index (χ3n) is 2.53. The molecular weight excluding hydrogens is 192 g/mol. The standard InChI is InChI=1S/C11H20N2O2/c1-3-5-13-11(14)9(2)15-8-10-4-6-12-7-10/h3,9-10,12H,1,4-8H2,2H3,(H,13,14). The molecule has 1 saturated heterocycles. The van der Waals surface area contributed by atoms with E-state index in [0.29, 0.717) is 19.1 Å². The maximum atomic E-state index is 11.4. The normalized spacial score (nSPS) is 22.3. The Labute approximate surface area is 91.1 Å². The lowest BCUT2D eigenvalue weighted by Gasteiger charge is -2.15. The summed E-state index contributed by atoms with van der Waals surface area (Å²) in [7, 11) is 0. The maximum absolute atomic E-state index is 11.4. The van der Waals surface area contributed by atoms with Gasteiger partial charge < -0.3 is 15.4 Å². The molecule has 1 aliphatic heterocycles. The van der Waals surface area contributed by atoms with Crippen molar-refractivity contribution >= 4 is 5.91 Å². The minimum Gasteiger partial charge on any atom is -0.368 e. The number of rotatable bonds is 6. The van der Waals surface area contributed by atoms with Gasteiger partial charge in [-0.05, 0) is 25.8 Å². The zero-order chi connectivity index (χ0) is 11.1. The fourth-order valence-electron chi connectivity index (χ4n) is 1.53. The van der Waals surface area contributed by atoms with E-state index in [1.807, 2.05) is 0 Å². The fraction of sp³-hybridized carbons (Fsp3) is 0.727. The van der Waals surface area contributed by atoms with Gasteiger partial charge in [0.05, 0.1) is 6.61 Å². The van der Waals surface area contributed by atoms with Crippen LogP contribution in [0, 0.1) is 5.92 Å². The van der Waals surface area contributed by atoms with Crippen molar-refractivity contribution in [3.63, 3.8) is 0 Å². The van der Waals surface area contributed by atoms with Gasteiger partial charge in [0.2, 0.25) is 5.91 Å². The van der Waals surface area contributed by atoms with E-state index >= 15 is 0 Å². The van der Waals surface area contributed by atoms with E-state index in [-0.39, 0.29) is 12.0 Å². The number of nitrogens with one attached hydrogen (secondary N) is 2. The molecule has 1 heterocycles. The van der Waals surface area contributed by atoms with Crippen molar-refractivity contribution in [2.75, 3.05) is 26.2 Å². The number of hydrogen-bond donors (Lipinski definition) is 2. The van der Waals surface area contributed by atoms with Crippen LogP contribution in [0.4, 0.5) is 0 Å². The molecule has 2 atom stereocenters. The summed E-state index contributed by atoms with van der Waals surface area (Å²) in [4.78, 5) is 11.4.